The van der Waals surface area contributed by atoms with Crippen molar-refractivity contribution in [2.24, 2.45) is 29.6 Å². The topological polar surface area (TPSA) is 46.6 Å². The predicted molar refractivity (Wildman–Crippen MR) is 79.5 cm³/mol. The summed E-state index contributed by atoms with van der Waals surface area (Å²) < 4.78 is 5.78. The van der Waals surface area contributed by atoms with E-state index in [0.717, 1.165) is 19.3 Å². The minimum Gasteiger partial charge on any atom is -0.445 e. The van der Waals surface area contributed by atoms with Crippen LogP contribution in [0.2, 0.25) is 0 Å². The first-order chi connectivity index (χ1) is 9.95. The molecule has 2 aliphatic carbocycles. The first-order valence-electron chi connectivity index (χ1n) is 8.46. The van der Waals surface area contributed by atoms with Crippen molar-refractivity contribution in [2.75, 3.05) is 6.54 Å². The van der Waals surface area contributed by atoms with Crippen molar-refractivity contribution in [2.45, 2.75) is 59.0 Å². The molecule has 5 unspecified atom stereocenters. The molecule has 1 heterocycles. The minimum absolute atomic E-state index is 0.0222. The molecule has 0 aromatic heterocycles. The van der Waals surface area contributed by atoms with E-state index in [1.54, 1.807) is 0 Å². The van der Waals surface area contributed by atoms with Crippen LogP contribution in [0.25, 0.3) is 0 Å². The first-order valence-corrected chi connectivity index (χ1v) is 8.46. The third kappa shape index (κ3) is 3.09. The largest absolute Gasteiger partial charge is 0.445 e. The maximum atomic E-state index is 12.4. The highest BCUT2D eigenvalue weighted by molar-refractivity contribution is 5.93. The fourth-order valence-electron chi connectivity index (χ4n) is 4.07. The molecule has 0 bridgehead atoms. The molecule has 1 saturated heterocycles. The van der Waals surface area contributed by atoms with Crippen LogP contribution in [0.5, 0.6) is 0 Å². The fraction of sp³-hybridized carbons (Fsp3) is 0.882. The fourth-order valence-corrected chi connectivity index (χ4v) is 4.07. The van der Waals surface area contributed by atoms with Crippen LogP contribution in [0, 0.1) is 29.6 Å². The number of ether oxygens (including phenoxy) is 1. The van der Waals surface area contributed by atoms with E-state index in [-0.39, 0.29) is 12.0 Å². The summed E-state index contributed by atoms with van der Waals surface area (Å²) in [4.78, 5) is 25.8. The second-order valence-corrected chi connectivity index (χ2v) is 7.71. The number of amides is 2. The summed E-state index contributed by atoms with van der Waals surface area (Å²) in [6.07, 6.45) is 4.49. The Labute approximate surface area is 127 Å². The van der Waals surface area contributed by atoms with Crippen LogP contribution in [0.15, 0.2) is 0 Å². The van der Waals surface area contributed by atoms with Gasteiger partial charge in [0.1, 0.15) is 6.10 Å². The van der Waals surface area contributed by atoms with E-state index in [9.17, 15) is 9.59 Å². The molecule has 21 heavy (non-hydrogen) atoms. The van der Waals surface area contributed by atoms with Crippen LogP contribution in [-0.4, -0.2) is 29.5 Å². The summed E-state index contributed by atoms with van der Waals surface area (Å²) >= 11 is 0. The smallest absolute Gasteiger partial charge is 0.416 e. The molecule has 3 rings (SSSR count). The Hall–Kier alpha value is -1.06. The first kappa shape index (κ1) is 14.9. The van der Waals surface area contributed by atoms with E-state index in [1.807, 2.05) is 0 Å². The third-order valence-electron chi connectivity index (χ3n) is 5.66. The van der Waals surface area contributed by atoms with E-state index < -0.39 is 6.09 Å². The summed E-state index contributed by atoms with van der Waals surface area (Å²) in [5, 5.41) is 0. The van der Waals surface area contributed by atoms with Crippen LogP contribution >= 0.6 is 0 Å². The van der Waals surface area contributed by atoms with Crippen LogP contribution in [-0.2, 0) is 9.53 Å². The number of nitrogens with zero attached hydrogens (tertiary/aromatic N) is 1. The molecule has 4 heteroatoms. The normalized spacial score (nSPS) is 39.1. The van der Waals surface area contributed by atoms with Crippen LogP contribution in [0.3, 0.4) is 0 Å². The molecule has 0 aromatic rings. The Kier molecular flexibility index (Phi) is 3.98. The number of piperidine rings is 1. The van der Waals surface area contributed by atoms with Crippen LogP contribution < -0.4 is 0 Å². The molecule has 4 nitrogen and oxygen atoms in total. The Bertz CT molecular complexity index is 434. The van der Waals surface area contributed by atoms with Crippen molar-refractivity contribution in [3.8, 4) is 0 Å². The van der Waals surface area contributed by atoms with Crippen molar-refractivity contribution in [3.05, 3.63) is 0 Å². The lowest BCUT2D eigenvalue weighted by atomic mass is 9.75. The molecule has 0 radical (unpaired) electrons. The molecular weight excluding hydrogens is 266 g/mol. The van der Waals surface area contributed by atoms with Gasteiger partial charge in [0.05, 0.1) is 0 Å². The molecule has 1 aliphatic heterocycles. The van der Waals surface area contributed by atoms with Gasteiger partial charge in [0.2, 0.25) is 5.91 Å². The summed E-state index contributed by atoms with van der Waals surface area (Å²) in [7, 11) is 0. The summed E-state index contributed by atoms with van der Waals surface area (Å²) in [6, 6.07) is 0. The number of carbonyl (C=O) groups is 2. The highest BCUT2D eigenvalue weighted by Gasteiger charge is 2.48. The van der Waals surface area contributed by atoms with Gasteiger partial charge in [-0.3, -0.25) is 4.79 Å². The minimum atomic E-state index is -0.393. The maximum Gasteiger partial charge on any atom is 0.416 e. The number of imide groups is 1. The average Bonchev–Trinajstić information content (AvgIpc) is 3.15. The zero-order valence-corrected chi connectivity index (χ0v) is 13.4. The Balaban J connectivity index is 1.63. The highest BCUT2D eigenvalue weighted by atomic mass is 16.6. The lowest BCUT2D eigenvalue weighted by molar-refractivity contribution is -0.132. The lowest BCUT2D eigenvalue weighted by Crippen LogP contribution is -2.45. The molecule has 0 aromatic carbocycles. The van der Waals surface area contributed by atoms with Gasteiger partial charge in [-0.25, -0.2) is 9.69 Å². The average molecular weight is 293 g/mol. The number of likely N-dealkylation sites (tertiary alicyclic amines) is 1. The molecule has 5 atom stereocenters. The number of hydrogen-bond acceptors (Lipinski definition) is 3. The van der Waals surface area contributed by atoms with Gasteiger partial charge in [-0.15, -0.1) is 0 Å². The van der Waals surface area contributed by atoms with Crippen molar-refractivity contribution < 1.29 is 14.3 Å². The lowest BCUT2D eigenvalue weighted by Gasteiger charge is -2.37. The predicted octanol–water partition coefficient (Wildman–Crippen LogP) is 3.45. The SMILES string of the molecule is CC1CCC(C(C)C)C(OC(=O)N2CC3CC3CC2=O)C1. The maximum absolute atomic E-state index is 12.4. The molecule has 0 N–H and O–H groups in total. The van der Waals surface area contributed by atoms with E-state index in [1.165, 1.54) is 11.3 Å². The molecule has 118 valence electrons. The van der Waals surface area contributed by atoms with Crippen LogP contribution in [0.4, 0.5) is 4.79 Å². The van der Waals surface area contributed by atoms with E-state index in [2.05, 4.69) is 20.8 Å². The van der Waals surface area contributed by atoms with Gasteiger partial charge < -0.3 is 4.74 Å². The zero-order chi connectivity index (χ0) is 15.1. The van der Waals surface area contributed by atoms with Gasteiger partial charge in [-0.2, -0.15) is 0 Å². The Morgan fingerprint density at radius 1 is 1.24 bits per heavy atom. The van der Waals surface area contributed by atoms with Crippen molar-refractivity contribution in [1.29, 1.82) is 0 Å². The number of rotatable bonds is 2. The summed E-state index contributed by atoms with van der Waals surface area (Å²) in [5.74, 6) is 2.59. The van der Waals surface area contributed by atoms with Gasteiger partial charge in [-0.1, -0.05) is 27.2 Å². The molecule has 2 amide bonds. The molecule has 3 aliphatic rings. The molecule has 3 fully saturated rings. The van der Waals surface area contributed by atoms with E-state index >= 15 is 0 Å². The van der Waals surface area contributed by atoms with Gasteiger partial charge in [0.15, 0.2) is 0 Å². The quantitative estimate of drug-likeness (QED) is 0.783. The van der Waals surface area contributed by atoms with Crippen molar-refractivity contribution in [3.63, 3.8) is 0 Å². The van der Waals surface area contributed by atoms with Gasteiger partial charge in [0.25, 0.3) is 0 Å². The Morgan fingerprint density at radius 2 is 2.00 bits per heavy atom. The second kappa shape index (κ2) is 5.62. The second-order valence-electron chi connectivity index (χ2n) is 7.71. The van der Waals surface area contributed by atoms with Gasteiger partial charge >= 0.3 is 6.09 Å². The molecule has 0 spiro atoms. The highest BCUT2D eigenvalue weighted by Crippen LogP contribution is 2.45. The zero-order valence-electron chi connectivity index (χ0n) is 13.4. The number of fused-ring (bicyclic) bond motifs is 1. The van der Waals surface area contributed by atoms with E-state index in [0.29, 0.717) is 42.6 Å². The summed E-state index contributed by atoms with van der Waals surface area (Å²) in [5.41, 5.74) is 0. The summed E-state index contributed by atoms with van der Waals surface area (Å²) in [6.45, 7) is 7.19. The van der Waals surface area contributed by atoms with E-state index in [4.69, 9.17) is 4.74 Å². The monoisotopic (exact) mass is 293 g/mol. The third-order valence-corrected chi connectivity index (χ3v) is 5.66. The standard InChI is InChI=1S/C17H27NO3/c1-10(2)14-5-4-11(3)6-15(14)21-17(20)18-9-13-7-12(13)8-16(18)19/h10-15H,4-9H2,1-3H3. The Morgan fingerprint density at radius 3 is 2.71 bits per heavy atom. The van der Waals surface area contributed by atoms with Gasteiger partial charge in [-0.05, 0) is 48.9 Å². The molecular formula is C17H27NO3. The van der Waals surface area contributed by atoms with Crippen molar-refractivity contribution in [1.82, 2.24) is 4.90 Å². The van der Waals surface area contributed by atoms with Crippen LogP contribution in [0.1, 0.15) is 52.9 Å². The van der Waals surface area contributed by atoms with Gasteiger partial charge in [0, 0.05) is 13.0 Å². The number of carbonyl (C=O) groups excluding carboxylic acids is 2. The number of hydrogen-bond donors (Lipinski definition) is 0. The molecule has 2 saturated carbocycles. The van der Waals surface area contributed by atoms with Crippen molar-refractivity contribution >= 4 is 12.0 Å².